The number of hydrogen-bond donors (Lipinski definition) is 0. The van der Waals surface area contributed by atoms with E-state index in [1.54, 1.807) is 0 Å². The second-order valence-electron chi connectivity index (χ2n) is 7.82. The Kier molecular flexibility index (Phi) is 1.68. The predicted octanol–water partition coefficient (Wildman–Crippen LogP) is 4.75. The molecule has 2 aromatic carbocycles. The number of fused-ring (bicyclic) bond motifs is 2. The van der Waals surface area contributed by atoms with Gasteiger partial charge < -0.3 is 0 Å². The van der Waals surface area contributed by atoms with E-state index in [0.29, 0.717) is 23.7 Å². The maximum Gasteiger partial charge on any atom is 0.0938 e. The molecular weight excluding hydrogens is 268 g/mol. The summed E-state index contributed by atoms with van der Waals surface area (Å²) in [6.07, 6.45) is 0. The molecule has 1 saturated carbocycles. The SMILES string of the molecule is CC12N=NC(C)([C@H]3c4ccccc4[C@@H]31)[C@H]1c3ccccc3[C@@H]12. The fourth-order valence-electron chi connectivity index (χ4n) is 6.14. The summed E-state index contributed by atoms with van der Waals surface area (Å²) in [5.74, 6) is 2.17. The highest BCUT2D eigenvalue weighted by molar-refractivity contribution is 5.62. The average Bonchev–Trinajstić information content (AvgIpc) is 2.47. The zero-order valence-electron chi connectivity index (χ0n) is 12.8. The van der Waals surface area contributed by atoms with Crippen LogP contribution >= 0.6 is 0 Å². The molecule has 0 spiro atoms. The van der Waals surface area contributed by atoms with Gasteiger partial charge in [0.2, 0.25) is 0 Å². The van der Waals surface area contributed by atoms with Crippen LogP contribution in [0.15, 0.2) is 58.8 Å². The van der Waals surface area contributed by atoms with Crippen LogP contribution in [0.3, 0.4) is 0 Å². The molecule has 0 unspecified atom stereocenters. The molecule has 3 aliphatic carbocycles. The molecule has 108 valence electrons. The normalized spacial score (nSPS) is 45.0. The molecule has 0 amide bonds. The van der Waals surface area contributed by atoms with E-state index in [1.807, 2.05) is 0 Å². The van der Waals surface area contributed by atoms with Crippen LogP contribution in [0.4, 0.5) is 0 Å². The molecule has 5 aliphatic rings. The molecule has 2 aromatic rings. The third-order valence-corrected chi connectivity index (χ3v) is 7.00. The first-order valence-electron chi connectivity index (χ1n) is 8.28. The number of hydrogen-bond acceptors (Lipinski definition) is 2. The smallest absolute Gasteiger partial charge is 0.0938 e. The molecule has 0 radical (unpaired) electrons. The van der Waals surface area contributed by atoms with Gasteiger partial charge in [0.05, 0.1) is 11.1 Å². The van der Waals surface area contributed by atoms with E-state index in [-0.39, 0.29) is 11.1 Å². The summed E-state index contributed by atoms with van der Waals surface area (Å²) < 4.78 is 0. The first kappa shape index (κ1) is 11.6. The maximum absolute atomic E-state index is 4.89. The Morgan fingerprint density at radius 1 is 0.591 bits per heavy atom. The minimum atomic E-state index is -0.0597. The van der Waals surface area contributed by atoms with Crippen LogP contribution in [0, 0.1) is 0 Å². The van der Waals surface area contributed by atoms with Crippen LogP contribution in [-0.4, -0.2) is 11.1 Å². The lowest BCUT2D eigenvalue weighted by atomic mass is 9.37. The van der Waals surface area contributed by atoms with Crippen molar-refractivity contribution in [1.29, 1.82) is 0 Å². The molecular formula is C20H18N2. The lowest BCUT2D eigenvalue weighted by Crippen LogP contribution is -2.67. The van der Waals surface area contributed by atoms with Gasteiger partial charge in [-0.15, -0.1) is 0 Å². The molecule has 22 heavy (non-hydrogen) atoms. The summed E-state index contributed by atoms with van der Waals surface area (Å²) in [5.41, 5.74) is 5.95. The summed E-state index contributed by atoms with van der Waals surface area (Å²) in [6.45, 7) is 4.69. The standard InChI is InChI=1S/C20H18N2/c1-19-15-11-7-3-5-9-13(11)17(15)20(2,22-21-19)18-14-10-6-4-8-12(14)16(18)19/h3-10,15-18H,1-2H3/t15-,16-,17-,18-,19?,20?/m0/s1. The van der Waals surface area contributed by atoms with Crippen molar-refractivity contribution in [3.63, 3.8) is 0 Å². The van der Waals surface area contributed by atoms with E-state index in [0.717, 1.165) is 0 Å². The molecule has 0 saturated heterocycles. The van der Waals surface area contributed by atoms with Crippen LogP contribution in [0.1, 0.15) is 59.8 Å². The minimum Gasteiger partial charge on any atom is -0.186 e. The van der Waals surface area contributed by atoms with Crippen LogP contribution in [-0.2, 0) is 0 Å². The summed E-state index contributed by atoms with van der Waals surface area (Å²) in [5, 5.41) is 9.78. The Balaban J connectivity index is 1.65. The molecule has 1 fully saturated rings. The molecule has 0 N–H and O–H groups in total. The Hall–Kier alpha value is -1.96. The molecule has 4 atom stereocenters. The van der Waals surface area contributed by atoms with Crippen LogP contribution in [0.5, 0.6) is 0 Å². The van der Waals surface area contributed by atoms with Gasteiger partial charge in [-0.1, -0.05) is 48.5 Å². The van der Waals surface area contributed by atoms with Crippen molar-refractivity contribution < 1.29 is 0 Å². The van der Waals surface area contributed by atoms with E-state index in [9.17, 15) is 0 Å². The zero-order chi connectivity index (χ0) is 14.7. The second-order valence-corrected chi connectivity index (χ2v) is 7.82. The van der Waals surface area contributed by atoms with Crippen LogP contribution in [0.2, 0.25) is 0 Å². The fraction of sp³-hybridized carbons (Fsp3) is 0.400. The van der Waals surface area contributed by atoms with Gasteiger partial charge in [-0.25, -0.2) is 0 Å². The van der Waals surface area contributed by atoms with Gasteiger partial charge in [0.15, 0.2) is 0 Å². The summed E-state index contributed by atoms with van der Waals surface area (Å²) in [7, 11) is 0. The Morgan fingerprint density at radius 2 is 0.864 bits per heavy atom. The molecule has 2 nitrogen and oxygen atoms in total. The van der Waals surface area contributed by atoms with E-state index >= 15 is 0 Å². The predicted molar refractivity (Wildman–Crippen MR) is 85.5 cm³/mol. The van der Waals surface area contributed by atoms with Gasteiger partial charge in [0.25, 0.3) is 0 Å². The topological polar surface area (TPSA) is 24.7 Å². The maximum atomic E-state index is 4.89. The Labute approximate surface area is 130 Å². The summed E-state index contributed by atoms with van der Waals surface area (Å²) >= 11 is 0. The quantitative estimate of drug-likeness (QED) is 0.668. The Morgan fingerprint density at radius 3 is 1.14 bits per heavy atom. The van der Waals surface area contributed by atoms with Crippen molar-refractivity contribution in [1.82, 2.24) is 0 Å². The number of azo groups is 1. The van der Waals surface area contributed by atoms with Crippen LogP contribution in [0.25, 0.3) is 0 Å². The van der Waals surface area contributed by atoms with Gasteiger partial charge in [0.1, 0.15) is 0 Å². The first-order valence-corrected chi connectivity index (χ1v) is 8.28. The molecule has 0 aromatic heterocycles. The molecule has 2 heteroatoms. The first-order chi connectivity index (χ1) is 10.7. The third-order valence-electron chi connectivity index (χ3n) is 7.00. The zero-order valence-corrected chi connectivity index (χ0v) is 12.8. The van der Waals surface area contributed by atoms with Crippen LogP contribution < -0.4 is 0 Å². The average molecular weight is 286 g/mol. The monoisotopic (exact) mass is 286 g/mol. The van der Waals surface area contributed by atoms with Crippen molar-refractivity contribution in [2.75, 3.05) is 0 Å². The van der Waals surface area contributed by atoms with E-state index in [2.05, 4.69) is 62.4 Å². The highest BCUT2D eigenvalue weighted by atomic mass is 15.3. The van der Waals surface area contributed by atoms with Gasteiger partial charge in [0, 0.05) is 23.7 Å². The minimum absolute atomic E-state index is 0.0597. The van der Waals surface area contributed by atoms with Crippen molar-refractivity contribution in [2.45, 2.75) is 48.6 Å². The number of nitrogens with zero attached hydrogens (tertiary/aromatic N) is 2. The number of benzene rings is 2. The fourth-order valence-corrected chi connectivity index (χ4v) is 6.14. The van der Waals surface area contributed by atoms with E-state index in [1.165, 1.54) is 22.3 Å². The van der Waals surface area contributed by atoms with Crippen molar-refractivity contribution in [2.24, 2.45) is 10.2 Å². The van der Waals surface area contributed by atoms with Gasteiger partial charge >= 0.3 is 0 Å². The Bertz CT molecular complexity index is 736. The van der Waals surface area contributed by atoms with Crippen molar-refractivity contribution in [3.8, 4) is 0 Å². The summed E-state index contributed by atoms with van der Waals surface area (Å²) in [4.78, 5) is 0. The van der Waals surface area contributed by atoms with E-state index < -0.39 is 0 Å². The second kappa shape index (κ2) is 3.19. The highest BCUT2D eigenvalue weighted by Gasteiger charge is 2.73. The lowest BCUT2D eigenvalue weighted by Gasteiger charge is -2.70. The van der Waals surface area contributed by atoms with Crippen molar-refractivity contribution in [3.05, 3.63) is 70.8 Å². The highest BCUT2D eigenvalue weighted by Crippen LogP contribution is 2.77. The van der Waals surface area contributed by atoms with Gasteiger partial charge in [-0.05, 0) is 36.1 Å². The molecule has 2 bridgehead atoms. The molecule has 2 heterocycles. The molecule has 2 aliphatic heterocycles. The van der Waals surface area contributed by atoms with E-state index in [4.69, 9.17) is 10.2 Å². The largest absolute Gasteiger partial charge is 0.186 e. The lowest BCUT2D eigenvalue weighted by molar-refractivity contribution is 0.0181. The third kappa shape index (κ3) is 0.930. The van der Waals surface area contributed by atoms with Crippen molar-refractivity contribution >= 4 is 0 Å². The van der Waals surface area contributed by atoms with Gasteiger partial charge in [-0.3, -0.25) is 0 Å². The van der Waals surface area contributed by atoms with Gasteiger partial charge in [-0.2, -0.15) is 10.2 Å². The number of rotatable bonds is 0. The molecule has 7 rings (SSSR count). The summed E-state index contributed by atoms with van der Waals surface area (Å²) in [6, 6.07) is 17.9.